The lowest BCUT2D eigenvalue weighted by molar-refractivity contribution is -0.131. The molecule has 8 nitrogen and oxygen atoms in total. The van der Waals surface area contributed by atoms with Crippen LogP contribution >= 0.6 is 0 Å². The number of sulfonamides is 1. The zero-order valence-electron chi connectivity index (χ0n) is 21.2. The van der Waals surface area contributed by atoms with Gasteiger partial charge in [0, 0.05) is 41.2 Å². The lowest BCUT2D eigenvalue weighted by Gasteiger charge is -2.36. The standard InChI is InChI=1S/C28H34N4O4S/c1-3-24(20-10-8-16-32(18-20)27(33)17-29)31-37(35,36)26-15-14-25(22-12-6-7-13-23(22)26)30-28(34)21-11-5-4-9-19(21)2/h4-7,9,11-15,20,24,31H,3,8,10,16-18,29H2,1-2H3,(H,30,34). The molecule has 3 aromatic rings. The molecule has 2 atom stereocenters. The fourth-order valence-electron chi connectivity index (χ4n) is 5.10. The van der Waals surface area contributed by atoms with Crippen molar-refractivity contribution in [3.05, 3.63) is 71.8 Å². The number of aryl methyl sites for hydroxylation is 1. The number of piperidine rings is 1. The van der Waals surface area contributed by atoms with Gasteiger partial charge < -0.3 is 16.0 Å². The van der Waals surface area contributed by atoms with Gasteiger partial charge in [0.05, 0.1) is 11.4 Å². The van der Waals surface area contributed by atoms with Crippen LogP contribution in [0.2, 0.25) is 0 Å². The van der Waals surface area contributed by atoms with Gasteiger partial charge in [-0.25, -0.2) is 13.1 Å². The molecule has 0 radical (unpaired) electrons. The molecule has 2 unspecified atom stereocenters. The van der Waals surface area contributed by atoms with Gasteiger partial charge >= 0.3 is 0 Å². The van der Waals surface area contributed by atoms with Crippen molar-refractivity contribution in [2.24, 2.45) is 11.7 Å². The van der Waals surface area contributed by atoms with Crippen LogP contribution in [0.1, 0.15) is 42.1 Å². The van der Waals surface area contributed by atoms with Crippen LogP contribution in [0.15, 0.2) is 65.6 Å². The number of amides is 2. The number of benzene rings is 3. The van der Waals surface area contributed by atoms with Gasteiger partial charge in [0.15, 0.2) is 0 Å². The fourth-order valence-corrected chi connectivity index (χ4v) is 6.70. The van der Waals surface area contributed by atoms with E-state index < -0.39 is 10.0 Å². The number of fused-ring (bicyclic) bond motifs is 1. The van der Waals surface area contributed by atoms with Gasteiger partial charge in [-0.1, -0.05) is 49.4 Å². The second-order valence-corrected chi connectivity index (χ2v) is 11.2. The maximum absolute atomic E-state index is 13.6. The number of hydrogen-bond donors (Lipinski definition) is 3. The van der Waals surface area contributed by atoms with Gasteiger partial charge in [0.25, 0.3) is 5.91 Å². The molecule has 2 amide bonds. The van der Waals surface area contributed by atoms with Crippen LogP contribution in [0.3, 0.4) is 0 Å². The molecule has 9 heteroatoms. The average Bonchev–Trinajstić information content (AvgIpc) is 2.91. The maximum Gasteiger partial charge on any atom is 0.255 e. The van der Waals surface area contributed by atoms with E-state index in [-0.39, 0.29) is 35.2 Å². The SMILES string of the molecule is CCC(NS(=O)(=O)c1ccc(NC(=O)c2ccccc2C)c2ccccc12)C1CCCN(C(=O)CN)C1. The summed E-state index contributed by atoms with van der Waals surface area (Å²) in [6.07, 6.45) is 2.24. The van der Waals surface area contributed by atoms with Gasteiger partial charge in [-0.3, -0.25) is 9.59 Å². The summed E-state index contributed by atoms with van der Waals surface area (Å²) in [5, 5.41) is 4.10. The summed E-state index contributed by atoms with van der Waals surface area (Å²) in [5.41, 5.74) is 7.50. The monoisotopic (exact) mass is 522 g/mol. The van der Waals surface area contributed by atoms with Crippen molar-refractivity contribution >= 4 is 38.3 Å². The molecule has 196 valence electrons. The van der Waals surface area contributed by atoms with Crippen molar-refractivity contribution in [2.45, 2.75) is 44.0 Å². The Hall–Kier alpha value is -3.27. The number of rotatable bonds is 8. The Kier molecular flexibility index (Phi) is 8.26. The molecular weight excluding hydrogens is 488 g/mol. The minimum absolute atomic E-state index is 0.00274. The Balaban J connectivity index is 1.61. The number of nitrogens with zero attached hydrogens (tertiary/aromatic N) is 1. The highest BCUT2D eigenvalue weighted by molar-refractivity contribution is 7.89. The van der Waals surface area contributed by atoms with Crippen LogP contribution in [-0.2, 0) is 14.8 Å². The quantitative estimate of drug-likeness (QED) is 0.417. The maximum atomic E-state index is 13.6. The Morgan fingerprint density at radius 2 is 1.76 bits per heavy atom. The number of carbonyl (C=O) groups excluding carboxylic acids is 2. The smallest absolute Gasteiger partial charge is 0.255 e. The third-order valence-corrected chi connectivity index (χ3v) is 8.66. The van der Waals surface area contributed by atoms with Crippen LogP contribution in [0.4, 0.5) is 5.69 Å². The first-order chi connectivity index (χ1) is 17.7. The zero-order chi connectivity index (χ0) is 26.6. The molecule has 4 N–H and O–H groups in total. The van der Waals surface area contributed by atoms with E-state index in [2.05, 4.69) is 10.0 Å². The van der Waals surface area contributed by atoms with E-state index in [1.54, 1.807) is 35.2 Å². The molecule has 3 aromatic carbocycles. The van der Waals surface area contributed by atoms with Crippen molar-refractivity contribution in [1.82, 2.24) is 9.62 Å². The number of hydrogen-bond acceptors (Lipinski definition) is 5. The molecule has 37 heavy (non-hydrogen) atoms. The van der Waals surface area contributed by atoms with E-state index in [0.717, 1.165) is 18.4 Å². The zero-order valence-corrected chi connectivity index (χ0v) is 22.1. The molecule has 1 aliphatic rings. The minimum Gasteiger partial charge on any atom is -0.341 e. The lowest BCUT2D eigenvalue weighted by atomic mass is 9.90. The molecule has 1 saturated heterocycles. The van der Waals surface area contributed by atoms with Crippen LogP contribution < -0.4 is 15.8 Å². The van der Waals surface area contributed by atoms with E-state index >= 15 is 0 Å². The summed E-state index contributed by atoms with van der Waals surface area (Å²) in [4.78, 5) is 26.9. The van der Waals surface area contributed by atoms with E-state index in [4.69, 9.17) is 5.73 Å². The Bertz CT molecular complexity index is 1410. The Morgan fingerprint density at radius 1 is 1.05 bits per heavy atom. The highest BCUT2D eigenvalue weighted by Crippen LogP contribution is 2.31. The molecule has 0 aromatic heterocycles. The summed E-state index contributed by atoms with van der Waals surface area (Å²) < 4.78 is 30.2. The number of nitrogens with one attached hydrogen (secondary N) is 2. The molecule has 1 heterocycles. The molecule has 1 fully saturated rings. The second-order valence-electron chi connectivity index (χ2n) is 9.51. The second kappa shape index (κ2) is 11.4. The van der Waals surface area contributed by atoms with Gasteiger partial charge in [-0.05, 0) is 55.9 Å². The normalized spacial score (nSPS) is 16.9. The van der Waals surface area contributed by atoms with Gasteiger partial charge in [0.2, 0.25) is 15.9 Å². The number of carbonyl (C=O) groups is 2. The highest BCUT2D eigenvalue weighted by Gasteiger charge is 2.32. The third-order valence-electron chi connectivity index (χ3n) is 7.11. The number of likely N-dealkylation sites (tertiary alicyclic amines) is 1. The first-order valence-corrected chi connectivity index (χ1v) is 14.1. The van der Waals surface area contributed by atoms with Crippen LogP contribution in [0.5, 0.6) is 0 Å². The van der Waals surface area contributed by atoms with E-state index in [1.165, 1.54) is 6.07 Å². The van der Waals surface area contributed by atoms with Crippen molar-refractivity contribution in [3.8, 4) is 0 Å². The molecular formula is C28H34N4O4S. The van der Waals surface area contributed by atoms with Crippen molar-refractivity contribution in [2.75, 3.05) is 25.0 Å². The average molecular weight is 523 g/mol. The van der Waals surface area contributed by atoms with E-state index in [0.29, 0.717) is 41.5 Å². The summed E-state index contributed by atoms with van der Waals surface area (Å²) in [7, 11) is -3.89. The van der Waals surface area contributed by atoms with Gasteiger partial charge in [0.1, 0.15) is 0 Å². The summed E-state index contributed by atoms with van der Waals surface area (Å²) in [6.45, 7) is 4.90. The molecule has 0 aliphatic carbocycles. The highest BCUT2D eigenvalue weighted by atomic mass is 32.2. The minimum atomic E-state index is -3.89. The molecule has 0 spiro atoms. The molecule has 0 bridgehead atoms. The van der Waals surface area contributed by atoms with Gasteiger partial charge in [-0.15, -0.1) is 0 Å². The summed E-state index contributed by atoms with van der Waals surface area (Å²) in [6, 6.07) is 17.3. The Labute approximate surface area is 218 Å². The molecule has 1 aliphatic heterocycles. The molecule has 4 rings (SSSR count). The Morgan fingerprint density at radius 3 is 2.46 bits per heavy atom. The van der Waals surface area contributed by atoms with Crippen molar-refractivity contribution < 1.29 is 18.0 Å². The summed E-state index contributed by atoms with van der Waals surface area (Å²) >= 11 is 0. The fraction of sp³-hybridized carbons (Fsp3) is 0.357. The number of nitrogens with two attached hydrogens (primary N) is 1. The van der Waals surface area contributed by atoms with Crippen LogP contribution in [0, 0.1) is 12.8 Å². The van der Waals surface area contributed by atoms with Gasteiger partial charge in [-0.2, -0.15) is 0 Å². The van der Waals surface area contributed by atoms with Crippen molar-refractivity contribution in [1.29, 1.82) is 0 Å². The first kappa shape index (κ1) is 26.8. The van der Waals surface area contributed by atoms with E-state index in [1.807, 2.05) is 38.1 Å². The predicted molar refractivity (Wildman–Crippen MR) is 146 cm³/mol. The first-order valence-electron chi connectivity index (χ1n) is 12.6. The predicted octanol–water partition coefficient (Wildman–Crippen LogP) is 3.65. The lowest BCUT2D eigenvalue weighted by Crippen LogP contribution is -2.50. The summed E-state index contributed by atoms with van der Waals surface area (Å²) in [5.74, 6) is -0.364. The molecule has 0 saturated carbocycles. The topological polar surface area (TPSA) is 122 Å². The van der Waals surface area contributed by atoms with Crippen LogP contribution in [-0.4, -0.2) is 50.8 Å². The largest absolute Gasteiger partial charge is 0.341 e. The van der Waals surface area contributed by atoms with Crippen molar-refractivity contribution in [3.63, 3.8) is 0 Å². The van der Waals surface area contributed by atoms with E-state index in [9.17, 15) is 18.0 Å². The number of anilines is 1. The van der Waals surface area contributed by atoms with Crippen LogP contribution in [0.25, 0.3) is 10.8 Å². The third kappa shape index (κ3) is 5.84.